The maximum atomic E-state index is 12.6. The van der Waals surface area contributed by atoms with Crippen molar-refractivity contribution in [2.24, 2.45) is 0 Å². The van der Waals surface area contributed by atoms with Crippen LogP contribution in [0.15, 0.2) is 59.7 Å². The van der Waals surface area contributed by atoms with Gasteiger partial charge in [0.05, 0.1) is 5.57 Å². The Bertz CT molecular complexity index is 842. The second-order valence-electron chi connectivity index (χ2n) is 5.08. The lowest BCUT2D eigenvalue weighted by Gasteiger charge is -2.18. The molecule has 0 radical (unpaired) electrons. The van der Waals surface area contributed by atoms with E-state index in [2.05, 4.69) is 0 Å². The highest BCUT2D eigenvalue weighted by Crippen LogP contribution is 2.28. The lowest BCUT2D eigenvalue weighted by atomic mass is 9.82. The summed E-state index contributed by atoms with van der Waals surface area (Å²) in [4.78, 5) is 37.5. The maximum Gasteiger partial charge on any atom is 0.198 e. The molecule has 3 rings (SSSR count). The number of hydrogen-bond donors (Lipinski definition) is 1. The van der Waals surface area contributed by atoms with Crippen molar-refractivity contribution in [3.05, 3.63) is 76.4 Å². The molecule has 22 heavy (non-hydrogen) atoms. The molecule has 0 amide bonds. The van der Waals surface area contributed by atoms with Crippen molar-refractivity contribution in [3.8, 4) is 5.75 Å². The molecule has 1 aliphatic rings. The number of hydrogen-bond acceptors (Lipinski definition) is 4. The number of phenols is 1. The highest BCUT2D eigenvalue weighted by atomic mass is 16.3. The maximum absolute atomic E-state index is 12.6. The third kappa shape index (κ3) is 2.05. The van der Waals surface area contributed by atoms with Crippen molar-refractivity contribution in [1.29, 1.82) is 0 Å². The largest absolute Gasteiger partial charge is 0.508 e. The molecule has 4 nitrogen and oxygen atoms in total. The Morgan fingerprint density at radius 1 is 0.864 bits per heavy atom. The number of carbonyl (C=O) groups excluding carboxylic acids is 3. The molecular weight excluding hydrogens is 280 g/mol. The first-order valence-corrected chi connectivity index (χ1v) is 6.73. The van der Waals surface area contributed by atoms with Gasteiger partial charge in [-0.05, 0) is 31.2 Å². The predicted molar refractivity (Wildman–Crippen MR) is 80.2 cm³/mol. The number of benzene rings is 2. The third-order valence-corrected chi connectivity index (χ3v) is 3.72. The minimum Gasteiger partial charge on any atom is -0.508 e. The van der Waals surface area contributed by atoms with Crippen LogP contribution in [0.3, 0.4) is 0 Å². The second kappa shape index (κ2) is 5.07. The fourth-order valence-electron chi connectivity index (χ4n) is 2.53. The van der Waals surface area contributed by atoms with Crippen molar-refractivity contribution in [1.82, 2.24) is 0 Å². The van der Waals surface area contributed by atoms with E-state index in [4.69, 9.17) is 0 Å². The Labute approximate surface area is 126 Å². The van der Waals surface area contributed by atoms with Crippen molar-refractivity contribution >= 4 is 17.3 Å². The van der Waals surface area contributed by atoms with Crippen LogP contribution in [0.5, 0.6) is 5.75 Å². The van der Waals surface area contributed by atoms with Crippen molar-refractivity contribution in [3.63, 3.8) is 0 Å². The van der Waals surface area contributed by atoms with Crippen LogP contribution in [0.1, 0.15) is 38.0 Å². The number of ketones is 3. The fourth-order valence-corrected chi connectivity index (χ4v) is 2.53. The van der Waals surface area contributed by atoms with Gasteiger partial charge in [-0.1, -0.05) is 24.3 Å². The fraction of sp³-hybridized carbons (Fsp3) is 0.0556. The topological polar surface area (TPSA) is 71.4 Å². The molecular formula is C18H12O4. The van der Waals surface area contributed by atoms with Gasteiger partial charge in [0.1, 0.15) is 5.75 Å². The minimum atomic E-state index is -0.509. The van der Waals surface area contributed by atoms with Gasteiger partial charge in [-0.25, -0.2) is 0 Å². The molecule has 2 aromatic rings. The zero-order valence-corrected chi connectivity index (χ0v) is 11.8. The average Bonchev–Trinajstić information content (AvgIpc) is 2.53. The SMILES string of the molecule is CC1=C(C(=O)c2ccc(O)cc2)C(=O)c2ccccc2C1=O. The number of allylic oxidation sites excluding steroid dienone is 2. The van der Waals surface area contributed by atoms with Crippen LogP contribution in [-0.4, -0.2) is 22.5 Å². The van der Waals surface area contributed by atoms with E-state index < -0.39 is 11.6 Å². The van der Waals surface area contributed by atoms with Gasteiger partial charge in [0.25, 0.3) is 0 Å². The number of carbonyl (C=O) groups is 3. The van der Waals surface area contributed by atoms with Crippen LogP contribution in [0.25, 0.3) is 0 Å². The van der Waals surface area contributed by atoms with E-state index in [1.807, 2.05) is 0 Å². The van der Waals surface area contributed by atoms with Gasteiger partial charge in [0.2, 0.25) is 0 Å². The molecule has 0 heterocycles. The monoisotopic (exact) mass is 292 g/mol. The summed E-state index contributed by atoms with van der Waals surface area (Å²) in [6.45, 7) is 1.49. The summed E-state index contributed by atoms with van der Waals surface area (Å²) < 4.78 is 0. The highest BCUT2D eigenvalue weighted by molar-refractivity contribution is 6.39. The molecule has 1 aliphatic carbocycles. The van der Waals surface area contributed by atoms with Gasteiger partial charge in [-0.15, -0.1) is 0 Å². The quantitative estimate of drug-likeness (QED) is 0.682. The summed E-state index contributed by atoms with van der Waals surface area (Å²) in [6, 6.07) is 12.1. The molecule has 0 aromatic heterocycles. The summed E-state index contributed by atoms with van der Waals surface area (Å²) in [5, 5.41) is 9.28. The van der Waals surface area contributed by atoms with Crippen LogP contribution in [0.2, 0.25) is 0 Å². The van der Waals surface area contributed by atoms with E-state index in [-0.39, 0.29) is 33.8 Å². The van der Waals surface area contributed by atoms with Crippen LogP contribution in [0.4, 0.5) is 0 Å². The van der Waals surface area contributed by atoms with Gasteiger partial charge in [-0.2, -0.15) is 0 Å². The van der Waals surface area contributed by atoms with E-state index in [1.54, 1.807) is 24.3 Å². The summed E-state index contributed by atoms with van der Waals surface area (Å²) >= 11 is 0. The number of phenolic OH excluding ortho intramolecular Hbond substituents is 1. The van der Waals surface area contributed by atoms with E-state index in [1.165, 1.54) is 31.2 Å². The Morgan fingerprint density at radius 3 is 2.00 bits per heavy atom. The Kier molecular flexibility index (Phi) is 3.22. The number of fused-ring (bicyclic) bond motifs is 1. The van der Waals surface area contributed by atoms with E-state index in [0.717, 1.165) is 0 Å². The van der Waals surface area contributed by atoms with Crippen LogP contribution < -0.4 is 0 Å². The highest BCUT2D eigenvalue weighted by Gasteiger charge is 2.33. The molecule has 0 fully saturated rings. The van der Waals surface area contributed by atoms with E-state index in [9.17, 15) is 19.5 Å². The van der Waals surface area contributed by atoms with Gasteiger partial charge < -0.3 is 5.11 Å². The number of aromatic hydroxyl groups is 1. The number of rotatable bonds is 2. The lowest BCUT2D eigenvalue weighted by molar-refractivity contribution is 0.0927. The van der Waals surface area contributed by atoms with Crippen molar-refractivity contribution in [2.45, 2.75) is 6.92 Å². The summed E-state index contributed by atoms with van der Waals surface area (Å²) in [5.41, 5.74) is 0.885. The van der Waals surface area contributed by atoms with Crippen molar-refractivity contribution in [2.75, 3.05) is 0 Å². The molecule has 0 spiro atoms. The number of Topliss-reactive ketones (excluding diaryl/α,β-unsaturated/α-hetero) is 3. The Balaban J connectivity index is 2.12. The van der Waals surface area contributed by atoms with Crippen LogP contribution in [0, 0.1) is 0 Å². The summed E-state index contributed by atoms with van der Waals surface area (Å²) in [7, 11) is 0. The zero-order valence-electron chi connectivity index (χ0n) is 11.8. The van der Waals surface area contributed by atoms with Crippen LogP contribution in [-0.2, 0) is 0 Å². The molecule has 0 aliphatic heterocycles. The van der Waals surface area contributed by atoms with Gasteiger partial charge in [0.15, 0.2) is 17.3 Å². The predicted octanol–water partition coefficient (Wildman–Crippen LogP) is 2.97. The first-order chi connectivity index (χ1) is 10.5. The summed E-state index contributed by atoms with van der Waals surface area (Å²) in [5.74, 6) is -1.23. The molecule has 4 heteroatoms. The first-order valence-electron chi connectivity index (χ1n) is 6.73. The molecule has 0 saturated heterocycles. The Hall–Kier alpha value is -3.01. The molecule has 1 N–H and O–H groups in total. The van der Waals surface area contributed by atoms with E-state index >= 15 is 0 Å². The molecule has 108 valence electrons. The smallest absolute Gasteiger partial charge is 0.198 e. The minimum absolute atomic E-state index is 0.0265. The molecule has 0 atom stereocenters. The van der Waals surface area contributed by atoms with Gasteiger partial charge in [-0.3, -0.25) is 14.4 Å². The first kappa shape index (κ1) is 13.9. The molecule has 2 aromatic carbocycles. The summed E-state index contributed by atoms with van der Waals surface area (Å²) in [6.07, 6.45) is 0. The zero-order chi connectivity index (χ0) is 15.9. The van der Waals surface area contributed by atoms with Gasteiger partial charge >= 0.3 is 0 Å². The average molecular weight is 292 g/mol. The van der Waals surface area contributed by atoms with Crippen molar-refractivity contribution < 1.29 is 19.5 Å². The molecule has 0 unspecified atom stereocenters. The molecule has 0 saturated carbocycles. The standard InChI is InChI=1S/C18H12O4/c1-10-15(17(21)11-6-8-12(19)9-7-11)18(22)14-5-3-2-4-13(14)16(10)20/h2-9,19H,1H3. The lowest BCUT2D eigenvalue weighted by Crippen LogP contribution is -2.25. The molecule has 0 bridgehead atoms. The van der Waals surface area contributed by atoms with E-state index in [0.29, 0.717) is 5.56 Å². The third-order valence-electron chi connectivity index (χ3n) is 3.72. The second-order valence-corrected chi connectivity index (χ2v) is 5.08. The van der Waals surface area contributed by atoms with Crippen LogP contribution >= 0.6 is 0 Å². The Morgan fingerprint density at radius 2 is 1.41 bits per heavy atom. The normalized spacial score (nSPS) is 14.0. The van der Waals surface area contributed by atoms with Gasteiger partial charge in [0, 0.05) is 22.3 Å².